The van der Waals surface area contributed by atoms with Gasteiger partial charge in [0.15, 0.2) is 5.13 Å². The van der Waals surface area contributed by atoms with Crippen molar-refractivity contribution < 1.29 is 4.79 Å². The quantitative estimate of drug-likeness (QED) is 0.608. The highest BCUT2D eigenvalue weighted by Gasteiger charge is 2.18. The first kappa shape index (κ1) is 17.8. The maximum absolute atomic E-state index is 12.2. The van der Waals surface area contributed by atoms with Gasteiger partial charge in [-0.15, -0.1) is 0 Å². The third-order valence-electron chi connectivity index (χ3n) is 3.14. The largest absolute Gasteiger partial charge is 0.382 e. The summed E-state index contributed by atoms with van der Waals surface area (Å²) in [6.45, 7) is 8.28. The summed E-state index contributed by atoms with van der Waals surface area (Å²) in [5.74, 6) is 0.184. The molecule has 1 amide bonds. The van der Waals surface area contributed by atoms with Crippen molar-refractivity contribution in [1.82, 2.24) is 10.3 Å². The highest BCUT2D eigenvalue weighted by molar-refractivity contribution is 7.18. The first-order valence-corrected chi connectivity index (χ1v) is 8.59. The Morgan fingerprint density at radius 3 is 2.62 bits per heavy atom. The maximum atomic E-state index is 12.2. The lowest BCUT2D eigenvalue weighted by Gasteiger charge is -2.13. The standard InChI is InChI=1S/C15H28N4OS/c1-5-6-7-8-9-11(4)18-14(20)12-13(16)19-15(21-12)17-10(2)3/h10-11H,5-9,16H2,1-4H3,(H,17,19)(H,18,20). The van der Waals surface area contributed by atoms with Crippen molar-refractivity contribution in [1.29, 1.82) is 0 Å². The van der Waals surface area contributed by atoms with Crippen LogP contribution >= 0.6 is 11.3 Å². The molecule has 1 aromatic rings. The summed E-state index contributed by atoms with van der Waals surface area (Å²) in [6.07, 6.45) is 5.85. The number of hydrogen-bond acceptors (Lipinski definition) is 5. The zero-order valence-corrected chi connectivity index (χ0v) is 14.3. The molecule has 1 rings (SSSR count). The van der Waals surface area contributed by atoms with E-state index in [-0.39, 0.29) is 18.0 Å². The Morgan fingerprint density at radius 2 is 2.00 bits per heavy atom. The third-order valence-corrected chi connectivity index (χ3v) is 4.14. The monoisotopic (exact) mass is 312 g/mol. The van der Waals surface area contributed by atoms with Crippen molar-refractivity contribution in [2.24, 2.45) is 0 Å². The number of thiazole rings is 1. The second-order valence-electron chi connectivity index (χ2n) is 5.76. The molecule has 4 N–H and O–H groups in total. The summed E-state index contributed by atoms with van der Waals surface area (Å²) in [5, 5.41) is 6.87. The number of nitrogens with one attached hydrogen (secondary N) is 2. The normalized spacial score (nSPS) is 12.4. The molecule has 0 aliphatic carbocycles. The molecule has 0 aromatic carbocycles. The number of nitrogens with zero attached hydrogens (tertiary/aromatic N) is 1. The van der Waals surface area contributed by atoms with E-state index in [0.717, 1.165) is 12.8 Å². The minimum Gasteiger partial charge on any atom is -0.382 e. The maximum Gasteiger partial charge on any atom is 0.265 e. The number of carbonyl (C=O) groups is 1. The number of amides is 1. The number of nitrogen functional groups attached to an aromatic ring is 1. The molecule has 1 heterocycles. The molecule has 21 heavy (non-hydrogen) atoms. The van der Waals surface area contributed by atoms with Gasteiger partial charge in [-0.25, -0.2) is 4.98 Å². The number of unbranched alkanes of at least 4 members (excludes halogenated alkanes) is 3. The van der Waals surface area contributed by atoms with E-state index in [0.29, 0.717) is 15.8 Å². The summed E-state index contributed by atoms with van der Waals surface area (Å²) in [6, 6.07) is 0.432. The zero-order chi connectivity index (χ0) is 15.8. The predicted molar refractivity (Wildman–Crippen MR) is 91.0 cm³/mol. The molecule has 0 aliphatic rings. The van der Waals surface area contributed by atoms with Crippen LogP contribution < -0.4 is 16.4 Å². The van der Waals surface area contributed by atoms with Crippen LogP contribution in [0, 0.1) is 0 Å². The van der Waals surface area contributed by atoms with Crippen LogP contribution in [0.4, 0.5) is 10.9 Å². The number of aromatic nitrogens is 1. The highest BCUT2D eigenvalue weighted by Crippen LogP contribution is 2.25. The van der Waals surface area contributed by atoms with Crippen LogP contribution in [-0.4, -0.2) is 23.0 Å². The molecule has 0 aliphatic heterocycles. The van der Waals surface area contributed by atoms with Gasteiger partial charge in [-0.2, -0.15) is 0 Å². The molecular weight excluding hydrogens is 284 g/mol. The van der Waals surface area contributed by atoms with Gasteiger partial charge in [0.2, 0.25) is 0 Å². The molecule has 0 saturated carbocycles. The van der Waals surface area contributed by atoms with Crippen LogP contribution in [0.1, 0.15) is 69.5 Å². The van der Waals surface area contributed by atoms with E-state index in [1.165, 1.54) is 30.6 Å². The molecule has 1 aromatic heterocycles. The van der Waals surface area contributed by atoms with Crippen LogP contribution in [0.3, 0.4) is 0 Å². The lowest BCUT2D eigenvalue weighted by Crippen LogP contribution is -2.32. The second-order valence-corrected chi connectivity index (χ2v) is 6.76. The molecule has 6 heteroatoms. The van der Waals surface area contributed by atoms with E-state index >= 15 is 0 Å². The van der Waals surface area contributed by atoms with Gasteiger partial charge in [0.05, 0.1) is 0 Å². The Kier molecular flexibility index (Phi) is 7.50. The van der Waals surface area contributed by atoms with E-state index in [4.69, 9.17) is 5.73 Å². The number of anilines is 2. The van der Waals surface area contributed by atoms with E-state index in [1.807, 2.05) is 20.8 Å². The highest BCUT2D eigenvalue weighted by atomic mass is 32.1. The van der Waals surface area contributed by atoms with Crippen LogP contribution in [0.2, 0.25) is 0 Å². The number of rotatable bonds is 9. The molecule has 1 unspecified atom stereocenters. The van der Waals surface area contributed by atoms with Crippen molar-refractivity contribution in [3.05, 3.63) is 4.88 Å². The molecule has 0 saturated heterocycles. The Balaban J connectivity index is 2.49. The van der Waals surface area contributed by atoms with Crippen molar-refractivity contribution in [3.63, 3.8) is 0 Å². The average molecular weight is 312 g/mol. The molecule has 120 valence electrons. The number of nitrogens with two attached hydrogens (primary N) is 1. The number of hydrogen-bond donors (Lipinski definition) is 3. The molecule has 5 nitrogen and oxygen atoms in total. The molecule has 0 bridgehead atoms. The molecule has 0 fully saturated rings. The Hall–Kier alpha value is -1.30. The van der Waals surface area contributed by atoms with E-state index in [1.54, 1.807) is 0 Å². The van der Waals surface area contributed by atoms with Gasteiger partial charge in [-0.1, -0.05) is 43.9 Å². The van der Waals surface area contributed by atoms with Gasteiger partial charge in [-0.3, -0.25) is 4.79 Å². The fraction of sp³-hybridized carbons (Fsp3) is 0.733. The summed E-state index contributed by atoms with van der Waals surface area (Å²) in [7, 11) is 0. The van der Waals surface area contributed by atoms with Gasteiger partial charge in [0.1, 0.15) is 10.7 Å². The molecule has 0 radical (unpaired) electrons. The summed E-state index contributed by atoms with van der Waals surface area (Å²) < 4.78 is 0. The van der Waals surface area contributed by atoms with Crippen molar-refractivity contribution in [3.8, 4) is 0 Å². The van der Waals surface area contributed by atoms with Gasteiger partial charge in [-0.05, 0) is 27.2 Å². The summed E-state index contributed by atoms with van der Waals surface area (Å²) >= 11 is 1.31. The topological polar surface area (TPSA) is 80.0 Å². The molecular formula is C15H28N4OS. The van der Waals surface area contributed by atoms with Gasteiger partial charge in [0, 0.05) is 12.1 Å². The van der Waals surface area contributed by atoms with Crippen LogP contribution in [0.15, 0.2) is 0 Å². The van der Waals surface area contributed by atoms with Crippen molar-refractivity contribution >= 4 is 28.2 Å². The predicted octanol–water partition coefficient (Wildman–Crippen LogP) is 3.63. The lowest BCUT2D eigenvalue weighted by atomic mass is 10.1. The second kappa shape index (κ2) is 8.87. The van der Waals surface area contributed by atoms with Crippen LogP contribution in [-0.2, 0) is 0 Å². The zero-order valence-electron chi connectivity index (χ0n) is 13.5. The Bertz CT molecular complexity index is 445. The molecule has 1 atom stereocenters. The van der Waals surface area contributed by atoms with Crippen molar-refractivity contribution in [2.75, 3.05) is 11.1 Å². The van der Waals surface area contributed by atoms with E-state index in [9.17, 15) is 4.79 Å². The number of carbonyl (C=O) groups excluding carboxylic acids is 1. The smallest absolute Gasteiger partial charge is 0.265 e. The fourth-order valence-corrected chi connectivity index (χ4v) is 2.98. The van der Waals surface area contributed by atoms with Gasteiger partial charge in [0.25, 0.3) is 5.91 Å². The van der Waals surface area contributed by atoms with E-state index < -0.39 is 0 Å². The SMILES string of the molecule is CCCCCCC(C)NC(=O)c1sc(NC(C)C)nc1N. The minimum absolute atomic E-state index is 0.121. The fourth-order valence-electron chi connectivity index (χ4n) is 2.04. The first-order chi connectivity index (χ1) is 9.93. The van der Waals surface area contributed by atoms with Crippen LogP contribution in [0.5, 0.6) is 0 Å². The first-order valence-electron chi connectivity index (χ1n) is 7.77. The molecule has 0 spiro atoms. The Morgan fingerprint density at radius 1 is 1.29 bits per heavy atom. The van der Waals surface area contributed by atoms with Gasteiger partial charge < -0.3 is 16.4 Å². The summed E-state index contributed by atoms with van der Waals surface area (Å²) in [4.78, 5) is 16.9. The van der Waals surface area contributed by atoms with E-state index in [2.05, 4.69) is 22.5 Å². The minimum atomic E-state index is -0.121. The van der Waals surface area contributed by atoms with Crippen LogP contribution in [0.25, 0.3) is 0 Å². The summed E-state index contributed by atoms with van der Waals surface area (Å²) in [5.41, 5.74) is 5.83. The average Bonchev–Trinajstić information content (AvgIpc) is 2.74. The third kappa shape index (κ3) is 6.33. The van der Waals surface area contributed by atoms with Gasteiger partial charge >= 0.3 is 0 Å². The van der Waals surface area contributed by atoms with Crippen molar-refractivity contribution in [2.45, 2.75) is 71.9 Å². The lowest BCUT2D eigenvalue weighted by molar-refractivity contribution is 0.0942. The Labute approximate surface area is 131 Å².